The Bertz CT molecular complexity index is 876. The smallest absolute Gasteiger partial charge is 0.271 e. The number of likely N-dealkylation sites (N-methyl/N-ethyl adjacent to an activating group) is 1. The molecule has 0 bridgehead atoms. The molecule has 9 nitrogen and oxygen atoms in total. The molecule has 0 unspecified atom stereocenters. The Morgan fingerprint density at radius 3 is 2.89 bits per heavy atom. The van der Waals surface area contributed by atoms with Crippen LogP contribution in [0.15, 0.2) is 37.3 Å². The topological polar surface area (TPSA) is 109 Å². The van der Waals surface area contributed by atoms with E-state index in [4.69, 9.17) is 5.73 Å². The van der Waals surface area contributed by atoms with E-state index in [9.17, 15) is 9.59 Å². The van der Waals surface area contributed by atoms with Gasteiger partial charge in [-0.15, -0.1) is 0 Å². The Morgan fingerprint density at radius 2 is 2.26 bits per heavy atom. The lowest BCUT2D eigenvalue weighted by Crippen LogP contribution is -2.36. The van der Waals surface area contributed by atoms with Gasteiger partial charge in [-0.1, -0.05) is 6.58 Å². The highest BCUT2D eigenvalue weighted by Crippen LogP contribution is 2.24. The quantitative estimate of drug-likeness (QED) is 0.732. The molecule has 1 saturated heterocycles. The summed E-state index contributed by atoms with van der Waals surface area (Å²) in [6.07, 6.45) is 7.40. The van der Waals surface area contributed by atoms with Crippen LogP contribution in [0.3, 0.4) is 0 Å². The molecule has 1 atom stereocenters. The van der Waals surface area contributed by atoms with E-state index in [1.165, 1.54) is 12.3 Å². The molecular formula is C18H23N7O2. The average molecular weight is 369 g/mol. The molecule has 9 heteroatoms. The summed E-state index contributed by atoms with van der Waals surface area (Å²) in [4.78, 5) is 36.0. The fourth-order valence-corrected chi connectivity index (χ4v) is 3.11. The van der Waals surface area contributed by atoms with Gasteiger partial charge in [-0.3, -0.25) is 9.59 Å². The van der Waals surface area contributed by atoms with Crippen molar-refractivity contribution in [1.29, 1.82) is 0 Å². The second-order valence-corrected chi connectivity index (χ2v) is 6.52. The summed E-state index contributed by atoms with van der Waals surface area (Å²) < 4.78 is 1.87. The van der Waals surface area contributed by atoms with Gasteiger partial charge in [-0.05, 0) is 18.6 Å². The van der Waals surface area contributed by atoms with Gasteiger partial charge >= 0.3 is 0 Å². The van der Waals surface area contributed by atoms with Crippen LogP contribution in [0.2, 0.25) is 0 Å². The molecule has 2 aromatic rings. The van der Waals surface area contributed by atoms with E-state index in [0.717, 1.165) is 12.1 Å². The zero-order valence-corrected chi connectivity index (χ0v) is 15.4. The van der Waals surface area contributed by atoms with Crippen molar-refractivity contribution < 1.29 is 9.59 Å². The molecule has 0 radical (unpaired) electrons. The van der Waals surface area contributed by atoms with Crippen molar-refractivity contribution in [1.82, 2.24) is 19.4 Å². The number of hydrogen-bond donors (Lipinski definition) is 2. The minimum Gasteiger partial charge on any atom is -0.364 e. The predicted molar refractivity (Wildman–Crippen MR) is 103 cm³/mol. The first-order valence-corrected chi connectivity index (χ1v) is 8.59. The minimum atomic E-state index is -0.654. The lowest BCUT2D eigenvalue weighted by atomic mass is 10.2. The Morgan fingerprint density at radius 1 is 1.48 bits per heavy atom. The van der Waals surface area contributed by atoms with Crippen molar-refractivity contribution in [2.75, 3.05) is 30.4 Å². The third kappa shape index (κ3) is 3.91. The zero-order chi connectivity index (χ0) is 19.6. The molecule has 142 valence electrons. The van der Waals surface area contributed by atoms with Crippen LogP contribution in [0.25, 0.3) is 0 Å². The van der Waals surface area contributed by atoms with E-state index in [1.807, 2.05) is 42.0 Å². The Hall–Kier alpha value is -3.36. The van der Waals surface area contributed by atoms with Crippen molar-refractivity contribution in [2.24, 2.45) is 12.8 Å². The molecular weight excluding hydrogens is 346 g/mol. The predicted octanol–water partition coefficient (Wildman–Crippen LogP) is 0.881. The first kappa shape index (κ1) is 18.4. The van der Waals surface area contributed by atoms with Gasteiger partial charge in [0, 0.05) is 45.6 Å². The number of carbonyl (C=O) groups is 2. The van der Waals surface area contributed by atoms with Gasteiger partial charge in [0.15, 0.2) is 11.5 Å². The monoisotopic (exact) mass is 369 g/mol. The van der Waals surface area contributed by atoms with Crippen molar-refractivity contribution in [3.8, 4) is 0 Å². The Kier molecular flexibility index (Phi) is 5.11. The van der Waals surface area contributed by atoms with Crippen molar-refractivity contribution >= 4 is 29.1 Å². The van der Waals surface area contributed by atoms with E-state index < -0.39 is 5.91 Å². The second kappa shape index (κ2) is 7.48. The normalized spacial score (nSPS) is 16.2. The van der Waals surface area contributed by atoms with Gasteiger partial charge < -0.3 is 25.4 Å². The Balaban J connectivity index is 1.83. The molecule has 0 aromatic carbocycles. The molecule has 1 fully saturated rings. The molecule has 0 spiro atoms. The number of anilines is 3. The standard InChI is InChI=1S/C18H23N7O2/c1-4-15(26)25-8-6-13(11-25)24(3)14-9-20-16(17(19)27)18(22-14)21-12-5-7-23(2)10-12/h4-5,7,9-10,13H,1,6,8,11H2,2-3H3,(H2,19,27)(H,21,22)/t13-/m1/s1. The lowest BCUT2D eigenvalue weighted by molar-refractivity contribution is -0.125. The van der Waals surface area contributed by atoms with Crippen molar-refractivity contribution in [3.63, 3.8) is 0 Å². The summed E-state index contributed by atoms with van der Waals surface area (Å²) in [5, 5.41) is 3.10. The van der Waals surface area contributed by atoms with Gasteiger partial charge in [-0.25, -0.2) is 9.97 Å². The Labute approximate surface area is 157 Å². The maximum atomic E-state index is 11.8. The number of aryl methyl sites for hydroxylation is 1. The van der Waals surface area contributed by atoms with E-state index in [0.29, 0.717) is 24.7 Å². The molecule has 2 aromatic heterocycles. The zero-order valence-electron chi connectivity index (χ0n) is 15.4. The summed E-state index contributed by atoms with van der Waals surface area (Å²) >= 11 is 0. The second-order valence-electron chi connectivity index (χ2n) is 6.52. The van der Waals surface area contributed by atoms with Gasteiger partial charge in [0.25, 0.3) is 5.91 Å². The van der Waals surface area contributed by atoms with Crippen LogP contribution in [0.4, 0.5) is 17.3 Å². The first-order chi connectivity index (χ1) is 12.9. The van der Waals surface area contributed by atoms with Gasteiger partial charge in [0.2, 0.25) is 5.91 Å². The molecule has 0 aliphatic carbocycles. The molecule has 3 heterocycles. The summed E-state index contributed by atoms with van der Waals surface area (Å²) in [6, 6.07) is 1.96. The van der Waals surface area contributed by atoms with Crippen LogP contribution in [-0.2, 0) is 11.8 Å². The summed E-state index contributed by atoms with van der Waals surface area (Å²) in [7, 11) is 3.79. The molecule has 3 rings (SSSR count). The average Bonchev–Trinajstić information content (AvgIpc) is 3.29. The third-order valence-corrected chi connectivity index (χ3v) is 4.65. The van der Waals surface area contributed by atoms with Crippen LogP contribution in [0.1, 0.15) is 16.9 Å². The SMILES string of the molecule is C=CC(=O)N1CC[C@@H](N(C)c2cnc(C(N)=O)c(Nc3ccn(C)c3)n2)C1. The number of hydrogen-bond acceptors (Lipinski definition) is 6. The highest BCUT2D eigenvalue weighted by Gasteiger charge is 2.29. The summed E-state index contributed by atoms with van der Waals surface area (Å²) in [5.41, 5.74) is 6.29. The van der Waals surface area contributed by atoms with Gasteiger partial charge in [0.05, 0.1) is 11.9 Å². The maximum absolute atomic E-state index is 11.8. The fraction of sp³-hybridized carbons (Fsp3) is 0.333. The minimum absolute atomic E-state index is 0.0749. The maximum Gasteiger partial charge on any atom is 0.271 e. The van der Waals surface area contributed by atoms with Crippen LogP contribution < -0.4 is 16.0 Å². The van der Waals surface area contributed by atoms with Crippen molar-refractivity contribution in [3.05, 3.63) is 43.0 Å². The lowest BCUT2D eigenvalue weighted by Gasteiger charge is -2.26. The first-order valence-electron chi connectivity index (χ1n) is 8.59. The van der Waals surface area contributed by atoms with E-state index in [2.05, 4.69) is 21.9 Å². The highest BCUT2D eigenvalue weighted by atomic mass is 16.2. The number of aromatic nitrogens is 3. The van der Waals surface area contributed by atoms with Crippen molar-refractivity contribution in [2.45, 2.75) is 12.5 Å². The number of carbonyl (C=O) groups excluding carboxylic acids is 2. The number of nitrogens with two attached hydrogens (primary N) is 1. The number of nitrogens with zero attached hydrogens (tertiary/aromatic N) is 5. The van der Waals surface area contributed by atoms with E-state index >= 15 is 0 Å². The highest BCUT2D eigenvalue weighted by molar-refractivity contribution is 5.96. The van der Waals surface area contributed by atoms with E-state index in [1.54, 1.807) is 4.90 Å². The molecule has 2 amide bonds. The largest absolute Gasteiger partial charge is 0.364 e. The number of likely N-dealkylation sites (tertiary alicyclic amines) is 1. The summed E-state index contributed by atoms with van der Waals surface area (Å²) in [6.45, 7) is 4.79. The number of amides is 2. The van der Waals surface area contributed by atoms with Crippen LogP contribution in [0, 0.1) is 0 Å². The van der Waals surface area contributed by atoms with E-state index in [-0.39, 0.29) is 17.6 Å². The molecule has 0 saturated carbocycles. The molecule has 27 heavy (non-hydrogen) atoms. The number of primary amides is 1. The van der Waals surface area contributed by atoms with Crippen LogP contribution in [0.5, 0.6) is 0 Å². The molecule has 1 aliphatic heterocycles. The number of nitrogens with one attached hydrogen (secondary N) is 1. The fourth-order valence-electron chi connectivity index (χ4n) is 3.11. The third-order valence-electron chi connectivity index (χ3n) is 4.65. The van der Waals surface area contributed by atoms with Gasteiger partial charge in [0.1, 0.15) is 5.82 Å². The van der Waals surface area contributed by atoms with Crippen LogP contribution >= 0.6 is 0 Å². The number of rotatable bonds is 6. The molecule has 1 aliphatic rings. The summed E-state index contributed by atoms with van der Waals surface area (Å²) in [5.74, 6) is 0.164. The van der Waals surface area contributed by atoms with Crippen LogP contribution in [-0.4, -0.2) is 57.4 Å². The van der Waals surface area contributed by atoms with Gasteiger partial charge in [-0.2, -0.15) is 0 Å². The molecule has 3 N–H and O–H groups in total.